The third-order valence-corrected chi connectivity index (χ3v) is 0.545. The molecule has 0 aromatic heterocycles. The summed E-state index contributed by atoms with van der Waals surface area (Å²) in [6.45, 7) is 0.213. The first kappa shape index (κ1) is 7.54. The van der Waals surface area contributed by atoms with Crippen molar-refractivity contribution in [1.82, 2.24) is 0 Å². The molecule has 52 valence electrons. The topological polar surface area (TPSA) is 130 Å². The summed E-state index contributed by atoms with van der Waals surface area (Å²) < 4.78 is 0. The van der Waals surface area contributed by atoms with Crippen LogP contribution in [0.5, 0.6) is 0 Å². The first-order valence-corrected chi connectivity index (χ1v) is 2.30. The molecule has 0 bridgehead atoms. The summed E-state index contributed by atoms with van der Waals surface area (Å²) in [5, 5.41) is 0. The molecule has 0 rings (SSSR count). The fraction of sp³-hybridized carbons (Fsp3) is 0.333. The second-order valence-electron chi connectivity index (χ2n) is 1.37. The van der Waals surface area contributed by atoms with E-state index < -0.39 is 0 Å². The van der Waals surface area contributed by atoms with Crippen LogP contribution >= 0.6 is 0 Å². The molecular weight excluding hydrogens is 120 g/mol. The average molecular weight is 131 g/mol. The standard InChI is InChI=1S/C3H10N6/c4-2(5)8-1-9-3(6)7/h1H2,(H4,4,5,8)(H4,6,7,9)/p+1. The highest BCUT2D eigenvalue weighted by atomic mass is 15.1. The minimum atomic E-state index is 0.00347. The number of hydrogen-bond donors (Lipinski definition) is 5. The zero-order valence-electron chi connectivity index (χ0n) is 4.96. The summed E-state index contributed by atoms with van der Waals surface area (Å²) in [4.78, 5) is 6.05. The van der Waals surface area contributed by atoms with Crippen LogP contribution in [0.4, 0.5) is 0 Å². The predicted molar refractivity (Wildman–Crippen MR) is 35.0 cm³/mol. The Morgan fingerprint density at radius 2 is 1.78 bits per heavy atom. The summed E-state index contributed by atoms with van der Waals surface area (Å²) >= 11 is 0. The molecular formula is C3H11N6+. The minimum absolute atomic E-state index is 0.00347. The quantitative estimate of drug-likeness (QED) is 0.191. The molecule has 0 aliphatic carbocycles. The molecule has 6 heteroatoms. The highest BCUT2D eigenvalue weighted by molar-refractivity contribution is 5.75. The number of nitrogens with zero attached hydrogens (tertiary/aromatic N) is 1. The molecule has 9 heavy (non-hydrogen) atoms. The molecule has 0 aromatic carbocycles. The van der Waals surface area contributed by atoms with Gasteiger partial charge in [-0.15, -0.1) is 0 Å². The fourth-order valence-corrected chi connectivity index (χ4v) is 0.222. The Bertz CT molecular complexity index is 111. The zero-order valence-corrected chi connectivity index (χ0v) is 4.96. The Morgan fingerprint density at radius 3 is 2.11 bits per heavy atom. The van der Waals surface area contributed by atoms with Crippen molar-refractivity contribution in [3.63, 3.8) is 0 Å². The van der Waals surface area contributed by atoms with E-state index in [1.807, 2.05) is 0 Å². The first-order chi connectivity index (χ1) is 4.13. The summed E-state index contributed by atoms with van der Waals surface area (Å²) in [5.74, 6) is 0.101. The van der Waals surface area contributed by atoms with Crippen LogP contribution in [-0.2, 0) is 0 Å². The van der Waals surface area contributed by atoms with E-state index in [-0.39, 0.29) is 18.6 Å². The van der Waals surface area contributed by atoms with E-state index in [1.165, 1.54) is 0 Å². The number of rotatable bonds is 2. The van der Waals surface area contributed by atoms with Crippen LogP contribution < -0.4 is 27.9 Å². The number of hydrogen-bond acceptors (Lipinski definition) is 1. The second kappa shape index (κ2) is 3.53. The maximum absolute atomic E-state index is 5.01. The first-order valence-electron chi connectivity index (χ1n) is 2.30. The maximum Gasteiger partial charge on any atom is 0.340 e. The van der Waals surface area contributed by atoms with Gasteiger partial charge in [0.05, 0.1) is 0 Å². The molecule has 9 N–H and O–H groups in total. The van der Waals surface area contributed by atoms with E-state index in [0.717, 1.165) is 0 Å². The van der Waals surface area contributed by atoms with Gasteiger partial charge in [-0.05, 0) is 0 Å². The summed E-state index contributed by atoms with van der Waals surface area (Å²) in [6.07, 6.45) is 0. The molecule has 6 nitrogen and oxygen atoms in total. The highest BCUT2D eigenvalue weighted by Gasteiger charge is 1.82. The number of nitrogens with one attached hydrogen (secondary N) is 1. The fourth-order valence-electron chi connectivity index (χ4n) is 0.222. The van der Waals surface area contributed by atoms with Crippen molar-refractivity contribution < 1.29 is 4.99 Å². The lowest BCUT2D eigenvalue weighted by Crippen LogP contribution is -2.77. The molecule has 0 fully saturated rings. The van der Waals surface area contributed by atoms with Gasteiger partial charge in [0.2, 0.25) is 0 Å². The van der Waals surface area contributed by atoms with Gasteiger partial charge in [-0.2, -0.15) is 0 Å². The Morgan fingerprint density at radius 1 is 1.22 bits per heavy atom. The molecule has 0 aliphatic heterocycles. The van der Waals surface area contributed by atoms with Crippen molar-refractivity contribution in [2.24, 2.45) is 27.9 Å². The van der Waals surface area contributed by atoms with Crippen LogP contribution in [0.25, 0.3) is 0 Å². The summed E-state index contributed by atoms with van der Waals surface area (Å²) in [5.41, 5.74) is 20.0. The van der Waals surface area contributed by atoms with Crippen molar-refractivity contribution in [1.29, 1.82) is 0 Å². The van der Waals surface area contributed by atoms with Crippen molar-refractivity contribution >= 4 is 11.9 Å². The molecule has 0 heterocycles. The van der Waals surface area contributed by atoms with E-state index in [1.54, 1.807) is 0 Å². The van der Waals surface area contributed by atoms with Crippen LogP contribution in [-0.4, -0.2) is 18.6 Å². The number of guanidine groups is 2. The van der Waals surface area contributed by atoms with Gasteiger partial charge in [-0.25, -0.2) is 4.99 Å². The van der Waals surface area contributed by atoms with E-state index in [2.05, 4.69) is 9.98 Å². The molecule has 0 atom stereocenters. The molecule has 0 spiro atoms. The largest absolute Gasteiger partial charge is 0.370 e. The van der Waals surface area contributed by atoms with Gasteiger partial charge in [0.25, 0.3) is 0 Å². The molecule has 0 saturated heterocycles. The summed E-state index contributed by atoms with van der Waals surface area (Å²) in [6, 6.07) is 0. The van der Waals surface area contributed by atoms with Crippen LogP contribution in [0.1, 0.15) is 0 Å². The molecule has 0 radical (unpaired) electrons. The normalized spacial score (nSPS) is 8.00. The van der Waals surface area contributed by atoms with Crippen molar-refractivity contribution in [3.8, 4) is 0 Å². The highest BCUT2D eigenvalue weighted by Crippen LogP contribution is 1.47. The van der Waals surface area contributed by atoms with Crippen molar-refractivity contribution in [3.05, 3.63) is 0 Å². The van der Waals surface area contributed by atoms with Crippen LogP contribution in [0.2, 0.25) is 0 Å². The smallest absolute Gasteiger partial charge is 0.340 e. The van der Waals surface area contributed by atoms with Gasteiger partial charge in [-0.3, -0.25) is 16.5 Å². The molecule has 0 unspecified atom stereocenters. The van der Waals surface area contributed by atoms with Crippen LogP contribution in [0.3, 0.4) is 0 Å². The van der Waals surface area contributed by atoms with Gasteiger partial charge in [0.1, 0.15) is 0 Å². The maximum atomic E-state index is 5.01. The van der Waals surface area contributed by atoms with Gasteiger partial charge >= 0.3 is 5.96 Å². The minimum Gasteiger partial charge on any atom is -0.370 e. The molecule has 0 aromatic rings. The van der Waals surface area contributed by atoms with Gasteiger partial charge < -0.3 is 11.5 Å². The Labute approximate surface area is 52.6 Å². The Balaban J connectivity index is 3.53. The monoisotopic (exact) mass is 131 g/mol. The Kier molecular flexibility index (Phi) is 2.96. The molecule has 0 amide bonds. The van der Waals surface area contributed by atoms with Gasteiger partial charge in [-0.1, -0.05) is 0 Å². The van der Waals surface area contributed by atoms with Crippen molar-refractivity contribution in [2.45, 2.75) is 0 Å². The molecule has 0 aliphatic rings. The third kappa shape index (κ3) is 6.54. The summed E-state index contributed by atoms with van der Waals surface area (Å²) in [7, 11) is 0. The van der Waals surface area contributed by atoms with Crippen molar-refractivity contribution in [2.75, 3.05) is 6.67 Å². The van der Waals surface area contributed by atoms with E-state index in [0.29, 0.717) is 0 Å². The second-order valence-corrected chi connectivity index (χ2v) is 1.37. The van der Waals surface area contributed by atoms with Crippen LogP contribution in [0.15, 0.2) is 4.99 Å². The van der Waals surface area contributed by atoms with E-state index in [9.17, 15) is 0 Å². The van der Waals surface area contributed by atoms with Crippen LogP contribution in [0, 0.1) is 0 Å². The lowest BCUT2D eigenvalue weighted by molar-refractivity contribution is -0.456. The van der Waals surface area contributed by atoms with Gasteiger partial charge in [0.15, 0.2) is 12.6 Å². The lowest BCUT2D eigenvalue weighted by atomic mass is 10.9. The SMILES string of the molecule is NC(N)=NC[NH+]=C(N)N. The molecule has 0 saturated carbocycles. The lowest BCUT2D eigenvalue weighted by Gasteiger charge is -1.86. The third-order valence-electron chi connectivity index (χ3n) is 0.545. The Hall–Kier alpha value is -1.46. The van der Waals surface area contributed by atoms with E-state index in [4.69, 9.17) is 22.9 Å². The number of nitrogens with two attached hydrogens (primary N) is 4. The average Bonchev–Trinajstić information content (AvgIpc) is 1.63. The predicted octanol–water partition coefficient (Wildman–Crippen LogP) is -4.43. The zero-order chi connectivity index (χ0) is 7.28. The number of aliphatic imine (C=N–C) groups is 1. The van der Waals surface area contributed by atoms with E-state index >= 15 is 0 Å². The van der Waals surface area contributed by atoms with Gasteiger partial charge in [0, 0.05) is 0 Å².